The molecular weight excluding hydrogens is 406 g/mol. The number of nitrogens with zero attached hydrogens (tertiary/aromatic N) is 6. The van der Waals surface area contributed by atoms with Gasteiger partial charge >= 0.3 is 0 Å². The van der Waals surface area contributed by atoms with E-state index in [1.54, 1.807) is 17.5 Å². The predicted molar refractivity (Wildman–Crippen MR) is 126 cm³/mol. The van der Waals surface area contributed by atoms with Crippen LogP contribution < -0.4 is 5.32 Å². The van der Waals surface area contributed by atoms with Crippen LogP contribution in [0.3, 0.4) is 0 Å². The molecule has 0 amide bonds. The number of nitrogens with one attached hydrogen (secondary N) is 1. The number of imidazole rings is 1. The minimum absolute atomic E-state index is 0.297. The lowest BCUT2D eigenvalue weighted by atomic mass is 10.0. The van der Waals surface area contributed by atoms with Crippen molar-refractivity contribution in [3.63, 3.8) is 0 Å². The average Bonchev–Trinajstić information content (AvgIpc) is 3.51. The molecule has 0 spiro atoms. The zero-order valence-corrected chi connectivity index (χ0v) is 18.7. The summed E-state index contributed by atoms with van der Waals surface area (Å²) in [6.45, 7) is 4.26. The van der Waals surface area contributed by atoms with Gasteiger partial charge in [-0.15, -0.1) is 11.3 Å². The number of anilines is 1. The van der Waals surface area contributed by atoms with E-state index in [-0.39, 0.29) is 0 Å². The van der Waals surface area contributed by atoms with Crippen molar-refractivity contribution in [1.29, 1.82) is 0 Å². The van der Waals surface area contributed by atoms with Gasteiger partial charge in [0.1, 0.15) is 16.3 Å². The van der Waals surface area contributed by atoms with E-state index in [2.05, 4.69) is 54.5 Å². The molecule has 31 heavy (non-hydrogen) atoms. The third-order valence-electron chi connectivity index (χ3n) is 5.24. The fraction of sp³-hybridized carbons (Fsp3) is 0.217. The van der Waals surface area contributed by atoms with E-state index >= 15 is 0 Å². The van der Waals surface area contributed by atoms with Crippen LogP contribution in [0.5, 0.6) is 0 Å². The molecule has 0 saturated heterocycles. The summed E-state index contributed by atoms with van der Waals surface area (Å²) in [6, 6.07) is 12.7. The van der Waals surface area contributed by atoms with Crippen molar-refractivity contribution in [1.82, 2.24) is 29.3 Å². The minimum atomic E-state index is 0.297. The lowest BCUT2D eigenvalue weighted by Gasteiger charge is -2.09. The Balaban J connectivity index is 1.82. The van der Waals surface area contributed by atoms with Gasteiger partial charge in [0, 0.05) is 44.3 Å². The molecule has 8 heteroatoms. The van der Waals surface area contributed by atoms with Gasteiger partial charge in [0.25, 0.3) is 0 Å². The molecule has 5 rings (SSSR count). The summed E-state index contributed by atoms with van der Waals surface area (Å²) in [6.07, 6.45) is 5.69. The molecule has 4 heterocycles. The van der Waals surface area contributed by atoms with Gasteiger partial charge in [-0.25, -0.2) is 15.0 Å². The summed E-state index contributed by atoms with van der Waals surface area (Å²) in [5.41, 5.74) is 3.16. The van der Waals surface area contributed by atoms with Crippen LogP contribution >= 0.6 is 11.3 Å². The van der Waals surface area contributed by atoms with Crippen LogP contribution in [0.1, 0.15) is 19.9 Å². The van der Waals surface area contributed by atoms with E-state index in [1.807, 2.05) is 41.8 Å². The summed E-state index contributed by atoms with van der Waals surface area (Å²) >= 11 is 1.64. The highest BCUT2D eigenvalue weighted by molar-refractivity contribution is 7.22. The normalized spacial score (nSPS) is 11.5. The van der Waals surface area contributed by atoms with Gasteiger partial charge in [-0.05, 0) is 25.5 Å². The van der Waals surface area contributed by atoms with Crippen LogP contribution in [0.2, 0.25) is 0 Å². The second-order valence-electron chi connectivity index (χ2n) is 7.63. The number of fused-ring (bicyclic) bond motifs is 1. The van der Waals surface area contributed by atoms with E-state index in [4.69, 9.17) is 15.1 Å². The Morgan fingerprint density at radius 2 is 1.84 bits per heavy atom. The Labute approximate surface area is 184 Å². The molecule has 0 aliphatic heterocycles. The summed E-state index contributed by atoms with van der Waals surface area (Å²) in [7, 11) is 3.84. The largest absolute Gasteiger partial charge is 0.372 e. The highest BCUT2D eigenvalue weighted by Crippen LogP contribution is 2.46. The third-order valence-corrected chi connectivity index (χ3v) is 6.35. The Bertz CT molecular complexity index is 1360. The molecule has 7 nitrogen and oxygen atoms in total. The third kappa shape index (κ3) is 3.29. The fourth-order valence-electron chi connectivity index (χ4n) is 3.67. The molecular formula is C23H23N7S. The van der Waals surface area contributed by atoms with Gasteiger partial charge < -0.3 is 9.88 Å². The number of hydrogen-bond donors (Lipinski definition) is 1. The maximum atomic E-state index is 4.91. The van der Waals surface area contributed by atoms with E-state index in [0.717, 1.165) is 43.6 Å². The monoisotopic (exact) mass is 429 g/mol. The number of benzene rings is 1. The predicted octanol–water partition coefficient (Wildman–Crippen LogP) is 5.24. The molecule has 5 aromatic rings. The molecule has 156 valence electrons. The number of rotatable bonds is 5. The highest BCUT2D eigenvalue weighted by Gasteiger charge is 2.23. The lowest BCUT2D eigenvalue weighted by molar-refractivity contribution is 0.534. The van der Waals surface area contributed by atoms with Crippen molar-refractivity contribution >= 4 is 27.4 Å². The minimum Gasteiger partial charge on any atom is -0.372 e. The SMILES string of the molecule is CNc1nc(-c2nccn2C)nc2sc(-c3ccn(C(C)C)n3)c(-c3ccccc3)c12. The second-order valence-corrected chi connectivity index (χ2v) is 8.63. The first-order chi connectivity index (χ1) is 15.1. The summed E-state index contributed by atoms with van der Waals surface area (Å²) in [5, 5.41) is 9.13. The quantitative estimate of drug-likeness (QED) is 0.413. The van der Waals surface area contributed by atoms with Crippen LogP contribution in [0.25, 0.3) is 43.6 Å². The molecule has 0 atom stereocenters. The first-order valence-corrected chi connectivity index (χ1v) is 11.0. The van der Waals surface area contributed by atoms with Crippen LogP contribution in [-0.4, -0.2) is 36.3 Å². The molecule has 0 bridgehead atoms. The maximum absolute atomic E-state index is 4.91. The molecule has 0 radical (unpaired) electrons. The Kier molecular flexibility index (Phi) is 4.78. The van der Waals surface area contributed by atoms with Gasteiger partial charge in [-0.2, -0.15) is 5.10 Å². The Morgan fingerprint density at radius 3 is 2.48 bits per heavy atom. The van der Waals surface area contributed by atoms with Gasteiger partial charge in [-0.1, -0.05) is 30.3 Å². The van der Waals surface area contributed by atoms with Crippen molar-refractivity contribution in [2.24, 2.45) is 7.05 Å². The van der Waals surface area contributed by atoms with Gasteiger partial charge in [0.15, 0.2) is 11.6 Å². The lowest BCUT2D eigenvalue weighted by Crippen LogP contribution is -2.01. The summed E-state index contributed by atoms with van der Waals surface area (Å²) in [4.78, 5) is 16.2. The van der Waals surface area contributed by atoms with Crippen LogP contribution in [0.4, 0.5) is 5.82 Å². The molecule has 0 saturated carbocycles. The maximum Gasteiger partial charge on any atom is 0.199 e. The van der Waals surface area contributed by atoms with E-state index in [0.29, 0.717) is 11.9 Å². The van der Waals surface area contributed by atoms with Crippen molar-refractivity contribution in [2.45, 2.75) is 19.9 Å². The standard InChI is InChI=1S/C23H23N7S/c1-14(2)30-12-10-16(28-30)19-17(15-8-6-5-7-9-15)18-20(24-3)26-21(27-23(18)31-19)22-25-11-13-29(22)4/h5-14H,1-4H3,(H,24,26,27). The smallest absolute Gasteiger partial charge is 0.199 e. The van der Waals surface area contributed by atoms with Crippen molar-refractivity contribution in [2.75, 3.05) is 12.4 Å². The first-order valence-electron chi connectivity index (χ1n) is 10.2. The Hall–Kier alpha value is -3.52. The van der Waals surface area contributed by atoms with Crippen molar-refractivity contribution in [3.8, 4) is 33.3 Å². The molecule has 1 aromatic carbocycles. The van der Waals surface area contributed by atoms with E-state index in [9.17, 15) is 0 Å². The average molecular weight is 430 g/mol. The van der Waals surface area contributed by atoms with Crippen LogP contribution in [-0.2, 0) is 7.05 Å². The topological polar surface area (TPSA) is 73.5 Å². The fourth-order valence-corrected chi connectivity index (χ4v) is 4.83. The number of hydrogen-bond acceptors (Lipinski definition) is 6. The number of thiophene rings is 1. The van der Waals surface area contributed by atoms with Crippen LogP contribution in [0.15, 0.2) is 55.0 Å². The molecule has 0 aliphatic carbocycles. The molecule has 1 N–H and O–H groups in total. The molecule has 0 aliphatic rings. The molecule has 0 unspecified atom stereocenters. The highest BCUT2D eigenvalue weighted by atomic mass is 32.1. The molecule has 0 fully saturated rings. The zero-order chi connectivity index (χ0) is 21.5. The first kappa shape index (κ1) is 19.4. The second kappa shape index (κ2) is 7.63. The van der Waals surface area contributed by atoms with Crippen LogP contribution in [0, 0.1) is 0 Å². The van der Waals surface area contributed by atoms with Crippen molar-refractivity contribution < 1.29 is 0 Å². The van der Waals surface area contributed by atoms with Gasteiger partial charge in [0.2, 0.25) is 0 Å². The van der Waals surface area contributed by atoms with E-state index < -0.39 is 0 Å². The van der Waals surface area contributed by atoms with E-state index in [1.165, 1.54) is 0 Å². The van der Waals surface area contributed by atoms with Gasteiger partial charge in [0.05, 0.1) is 10.3 Å². The van der Waals surface area contributed by atoms with Crippen molar-refractivity contribution in [3.05, 3.63) is 55.0 Å². The number of aromatic nitrogens is 6. The Morgan fingerprint density at radius 1 is 1.03 bits per heavy atom. The van der Waals surface area contributed by atoms with Gasteiger partial charge in [-0.3, -0.25) is 4.68 Å². The molecule has 4 aromatic heterocycles. The zero-order valence-electron chi connectivity index (χ0n) is 17.9. The summed E-state index contributed by atoms with van der Waals surface area (Å²) in [5.74, 6) is 2.12. The number of aryl methyl sites for hydroxylation is 1. The summed E-state index contributed by atoms with van der Waals surface area (Å²) < 4.78 is 3.91.